The van der Waals surface area contributed by atoms with Gasteiger partial charge in [-0.05, 0) is 54.4 Å². The highest BCUT2D eigenvalue weighted by atomic mass is 35.5. The molecule has 0 spiro atoms. The first-order valence-corrected chi connectivity index (χ1v) is 7.28. The Morgan fingerprint density at radius 3 is 2.17 bits per heavy atom. The maximum Gasteiger partial charge on any atom is 0.253 e. The number of hydrogen-bond donors (Lipinski definition) is 1. The lowest BCUT2D eigenvalue weighted by Gasteiger charge is -2.20. The summed E-state index contributed by atoms with van der Waals surface area (Å²) in [6, 6.07) is 10.7. The lowest BCUT2D eigenvalue weighted by atomic mass is 10.1. The number of benzene rings is 2. The molecule has 5 nitrogen and oxygen atoms in total. The van der Waals surface area contributed by atoms with Gasteiger partial charge >= 0.3 is 0 Å². The van der Waals surface area contributed by atoms with Crippen molar-refractivity contribution >= 4 is 24.0 Å². The summed E-state index contributed by atoms with van der Waals surface area (Å²) in [5.41, 5.74) is 8.95. The Bertz CT molecular complexity index is 702. The number of nitrogens with zero attached hydrogens (tertiary/aromatic N) is 1. The molecular weight excluding hydrogens is 328 g/mol. The Balaban J connectivity index is 0.00000288. The van der Waals surface area contributed by atoms with Crippen LogP contribution >= 0.6 is 12.4 Å². The molecule has 0 bridgehead atoms. The number of rotatable bonds is 5. The fourth-order valence-electron chi connectivity index (χ4n) is 2.37. The summed E-state index contributed by atoms with van der Waals surface area (Å²) in [5, 5.41) is 0. The highest BCUT2D eigenvalue weighted by Gasteiger charge is 2.15. The maximum atomic E-state index is 12.5. The zero-order chi connectivity index (χ0) is 17.0. The Labute approximate surface area is 148 Å². The second kappa shape index (κ2) is 8.45. The third-order valence-corrected chi connectivity index (χ3v) is 3.75. The number of amides is 1. The van der Waals surface area contributed by atoms with Crippen LogP contribution in [-0.4, -0.2) is 32.1 Å². The van der Waals surface area contributed by atoms with E-state index in [1.165, 1.54) is 0 Å². The van der Waals surface area contributed by atoms with Crippen molar-refractivity contribution in [1.29, 1.82) is 0 Å². The molecule has 0 saturated carbocycles. The fourth-order valence-corrected chi connectivity index (χ4v) is 2.37. The van der Waals surface area contributed by atoms with Crippen molar-refractivity contribution in [2.45, 2.75) is 13.5 Å². The topological polar surface area (TPSA) is 64.8 Å². The minimum Gasteiger partial charge on any atom is -0.493 e. The molecule has 2 aromatic rings. The maximum absolute atomic E-state index is 12.5. The van der Waals surface area contributed by atoms with Gasteiger partial charge in [-0.3, -0.25) is 4.79 Å². The summed E-state index contributed by atoms with van der Waals surface area (Å²) < 4.78 is 10.6. The third kappa shape index (κ3) is 4.32. The van der Waals surface area contributed by atoms with Crippen LogP contribution < -0.4 is 15.2 Å². The van der Waals surface area contributed by atoms with Crippen LogP contribution in [0.4, 0.5) is 5.69 Å². The van der Waals surface area contributed by atoms with E-state index in [1.807, 2.05) is 19.1 Å². The summed E-state index contributed by atoms with van der Waals surface area (Å²) in [6.07, 6.45) is 0. The van der Waals surface area contributed by atoms with Crippen molar-refractivity contribution in [3.63, 3.8) is 0 Å². The number of carbonyl (C=O) groups is 1. The van der Waals surface area contributed by atoms with Crippen LogP contribution in [-0.2, 0) is 6.54 Å². The highest BCUT2D eigenvalue weighted by molar-refractivity contribution is 5.94. The Morgan fingerprint density at radius 2 is 1.62 bits per heavy atom. The molecule has 0 radical (unpaired) electrons. The summed E-state index contributed by atoms with van der Waals surface area (Å²) in [6.45, 7) is 2.47. The van der Waals surface area contributed by atoms with Gasteiger partial charge in [-0.25, -0.2) is 0 Å². The zero-order valence-corrected chi connectivity index (χ0v) is 15.1. The third-order valence-electron chi connectivity index (χ3n) is 3.75. The lowest BCUT2D eigenvalue weighted by molar-refractivity contribution is 0.0785. The van der Waals surface area contributed by atoms with E-state index in [9.17, 15) is 4.79 Å². The number of carbonyl (C=O) groups excluding carboxylic acids is 1. The van der Waals surface area contributed by atoms with Gasteiger partial charge in [0.2, 0.25) is 0 Å². The molecule has 0 heterocycles. The molecule has 6 heteroatoms. The first-order valence-electron chi connectivity index (χ1n) is 7.28. The van der Waals surface area contributed by atoms with Gasteiger partial charge < -0.3 is 20.1 Å². The molecule has 2 rings (SSSR count). The van der Waals surface area contributed by atoms with Crippen LogP contribution in [0.3, 0.4) is 0 Å². The SMILES string of the molecule is COc1cc(C)c(CN(C)C(=O)c2ccc(N)cc2)cc1OC.Cl. The van der Waals surface area contributed by atoms with Crippen LogP contribution in [0.5, 0.6) is 11.5 Å². The fraction of sp³-hybridized carbons (Fsp3) is 0.278. The molecule has 0 atom stereocenters. The Hall–Kier alpha value is -2.40. The quantitative estimate of drug-likeness (QED) is 0.840. The van der Waals surface area contributed by atoms with E-state index in [0.29, 0.717) is 29.3 Å². The van der Waals surface area contributed by atoms with Crippen molar-refractivity contribution < 1.29 is 14.3 Å². The van der Waals surface area contributed by atoms with Gasteiger partial charge in [0.15, 0.2) is 11.5 Å². The molecule has 2 aromatic carbocycles. The molecule has 0 aliphatic rings. The summed E-state index contributed by atoms with van der Waals surface area (Å²) in [5.74, 6) is 1.28. The average molecular weight is 351 g/mol. The number of aryl methyl sites for hydroxylation is 1. The van der Waals surface area contributed by atoms with Gasteiger partial charge in [-0.1, -0.05) is 0 Å². The predicted molar refractivity (Wildman–Crippen MR) is 98.2 cm³/mol. The molecular formula is C18H23ClN2O3. The zero-order valence-electron chi connectivity index (χ0n) is 14.3. The van der Waals surface area contributed by atoms with Gasteiger partial charge in [0, 0.05) is 24.8 Å². The summed E-state index contributed by atoms with van der Waals surface area (Å²) >= 11 is 0. The molecule has 0 unspecified atom stereocenters. The molecule has 0 aliphatic carbocycles. The number of halogens is 1. The molecule has 24 heavy (non-hydrogen) atoms. The van der Waals surface area contributed by atoms with E-state index in [-0.39, 0.29) is 18.3 Å². The van der Waals surface area contributed by atoms with Crippen LogP contribution in [0.2, 0.25) is 0 Å². The molecule has 0 aliphatic heterocycles. The summed E-state index contributed by atoms with van der Waals surface area (Å²) in [4.78, 5) is 14.1. The second-order valence-electron chi connectivity index (χ2n) is 5.42. The molecule has 2 N–H and O–H groups in total. The van der Waals surface area contributed by atoms with E-state index in [4.69, 9.17) is 15.2 Å². The first-order chi connectivity index (χ1) is 11.0. The van der Waals surface area contributed by atoms with Gasteiger partial charge in [0.1, 0.15) is 0 Å². The number of methoxy groups -OCH3 is 2. The predicted octanol–water partition coefficient (Wildman–Crippen LogP) is 3.29. The van der Waals surface area contributed by atoms with Gasteiger partial charge in [-0.15, -0.1) is 12.4 Å². The van der Waals surface area contributed by atoms with E-state index in [1.54, 1.807) is 50.4 Å². The molecule has 1 amide bonds. The Kier molecular flexibility index (Phi) is 6.92. The minimum absolute atomic E-state index is 0. The van der Waals surface area contributed by atoms with Crippen molar-refractivity contribution in [2.24, 2.45) is 0 Å². The van der Waals surface area contributed by atoms with Crippen LogP contribution in [0.15, 0.2) is 36.4 Å². The number of nitrogen functional groups attached to an aromatic ring is 1. The van der Waals surface area contributed by atoms with E-state index in [2.05, 4.69) is 0 Å². The summed E-state index contributed by atoms with van der Waals surface area (Å²) in [7, 11) is 4.97. The van der Waals surface area contributed by atoms with Crippen LogP contribution in [0.25, 0.3) is 0 Å². The molecule has 0 aromatic heterocycles. The van der Waals surface area contributed by atoms with Gasteiger partial charge in [-0.2, -0.15) is 0 Å². The number of hydrogen-bond acceptors (Lipinski definition) is 4. The van der Waals surface area contributed by atoms with Crippen molar-refractivity contribution in [3.05, 3.63) is 53.1 Å². The van der Waals surface area contributed by atoms with E-state index in [0.717, 1.165) is 11.1 Å². The largest absolute Gasteiger partial charge is 0.493 e. The standard InChI is InChI=1S/C18H22N2O3.ClH/c1-12-9-16(22-3)17(23-4)10-14(12)11-20(2)18(21)13-5-7-15(19)8-6-13;/h5-10H,11,19H2,1-4H3;1H. The normalized spacial score (nSPS) is 9.83. The van der Waals surface area contributed by atoms with Crippen molar-refractivity contribution in [3.8, 4) is 11.5 Å². The molecule has 0 fully saturated rings. The van der Waals surface area contributed by atoms with Gasteiger partial charge in [0.25, 0.3) is 5.91 Å². The average Bonchev–Trinajstić information content (AvgIpc) is 2.56. The molecule has 0 saturated heterocycles. The number of nitrogens with two attached hydrogens (primary N) is 1. The second-order valence-corrected chi connectivity index (χ2v) is 5.42. The lowest BCUT2D eigenvalue weighted by Crippen LogP contribution is -2.26. The number of ether oxygens (including phenoxy) is 2. The first kappa shape index (κ1) is 19.6. The monoisotopic (exact) mass is 350 g/mol. The van der Waals surface area contributed by atoms with E-state index >= 15 is 0 Å². The van der Waals surface area contributed by atoms with Crippen molar-refractivity contribution in [1.82, 2.24) is 4.90 Å². The van der Waals surface area contributed by atoms with Crippen LogP contribution in [0, 0.1) is 6.92 Å². The molecule has 130 valence electrons. The van der Waals surface area contributed by atoms with Crippen LogP contribution in [0.1, 0.15) is 21.5 Å². The highest BCUT2D eigenvalue weighted by Crippen LogP contribution is 2.30. The Morgan fingerprint density at radius 1 is 1.08 bits per heavy atom. The van der Waals surface area contributed by atoms with Gasteiger partial charge in [0.05, 0.1) is 14.2 Å². The smallest absolute Gasteiger partial charge is 0.253 e. The van der Waals surface area contributed by atoms with Crippen molar-refractivity contribution in [2.75, 3.05) is 27.0 Å². The minimum atomic E-state index is -0.0563. The number of anilines is 1. The van der Waals surface area contributed by atoms with E-state index < -0.39 is 0 Å².